The molecule has 5 heteroatoms. The summed E-state index contributed by atoms with van der Waals surface area (Å²) in [5.74, 6) is 2.01. The van der Waals surface area contributed by atoms with Crippen LogP contribution in [0, 0.1) is 5.92 Å². The van der Waals surface area contributed by atoms with Crippen LogP contribution in [0.25, 0.3) is 0 Å². The van der Waals surface area contributed by atoms with E-state index in [2.05, 4.69) is 10.2 Å². The van der Waals surface area contributed by atoms with Gasteiger partial charge in [-0.05, 0) is 62.4 Å². The lowest BCUT2D eigenvalue weighted by Crippen LogP contribution is -2.44. The molecule has 2 heterocycles. The Morgan fingerprint density at radius 1 is 1.17 bits per heavy atom. The lowest BCUT2D eigenvalue weighted by atomic mass is 9.85. The smallest absolute Gasteiger partial charge is 0.138 e. The van der Waals surface area contributed by atoms with Crippen LogP contribution in [-0.2, 0) is 5.67 Å². The van der Waals surface area contributed by atoms with Gasteiger partial charge in [-0.2, -0.15) is 0 Å². The molecule has 0 spiro atoms. The molecule has 0 radical (unpaired) electrons. The van der Waals surface area contributed by atoms with Gasteiger partial charge in [0.15, 0.2) is 0 Å². The average molecular weight is 336 g/mol. The van der Waals surface area contributed by atoms with Gasteiger partial charge < -0.3 is 19.7 Å². The Morgan fingerprint density at radius 2 is 1.83 bits per heavy atom. The highest BCUT2D eigenvalue weighted by molar-refractivity contribution is 5.41. The maximum Gasteiger partial charge on any atom is 0.138 e. The second-order valence-corrected chi connectivity index (χ2v) is 7.08. The molecule has 1 N–H and O–H groups in total. The number of halogens is 1. The fourth-order valence-corrected chi connectivity index (χ4v) is 3.89. The Morgan fingerprint density at radius 3 is 2.38 bits per heavy atom. The zero-order valence-corrected chi connectivity index (χ0v) is 14.8. The molecular formula is C19H29FN2O2. The van der Waals surface area contributed by atoms with Crippen LogP contribution in [0.5, 0.6) is 11.5 Å². The first-order valence-corrected chi connectivity index (χ1v) is 8.98. The van der Waals surface area contributed by atoms with Crippen LogP contribution in [0.3, 0.4) is 0 Å². The van der Waals surface area contributed by atoms with E-state index >= 15 is 4.39 Å². The second-order valence-electron chi connectivity index (χ2n) is 7.08. The summed E-state index contributed by atoms with van der Waals surface area (Å²) in [6.07, 6.45) is 3.61. The van der Waals surface area contributed by atoms with E-state index in [4.69, 9.17) is 9.47 Å². The van der Waals surface area contributed by atoms with E-state index in [1.807, 2.05) is 12.1 Å². The second kappa shape index (κ2) is 7.70. The molecule has 24 heavy (non-hydrogen) atoms. The minimum atomic E-state index is -1.29. The zero-order valence-electron chi connectivity index (χ0n) is 14.8. The first-order chi connectivity index (χ1) is 11.6. The number of hydrogen-bond donors (Lipinski definition) is 1. The molecule has 1 unspecified atom stereocenters. The van der Waals surface area contributed by atoms with E-state index in [-0.39, 0.29) is 0 Å². The number of nitrogens with zero attached hydrogens (tertiary/aromatic N) is 1. The summed E-state index contributed by atoms with van der Waals surface area (Å²) in [5.41, 5.74) is -0.610. The van der Waals surface area contributed by atoms with Gasteiger partial charge in [0.25, 0.3) is 0 Å². The minimum absolute atomic E-state index is 0.531. The molecule has 0 bridgehead atoms. The van der Waals surface area contributed by atoms with E-state index in [0.29, 0.717) is 35.8 Å². The summed E-state index contributed by atoms with van der Waals surface area (Å²) in [5, 5.41) is 3.46. The van der Waals surface area contributed by atoms with Crippen molar-refractivity contribution in [3.05, 3.63) is 23.8 Å². The number of ether oxygens (including phenoxy) is 2. The van der Waals surface area contributed by atoms with E-state index in [1.54, 1.807) is 20.3 Å². The predicted octanol–water partition coefficient (Wildman–Crippen LogP) is 2.96. The van der Waals surface area contributed by atoms with Gasteiger partial charge in [-0.1, -0.05) is 0 Å². The zero-order chi connectivity index (χ0) is 17.0. The van der Waals surface area contributed by atoms with Crippen LogP contribution >= 0.6 is 0 Å². The number of alkyl halides is 1. The lowest BCUT2D eigenvalue weighted by molar-refractivity contribution is 0.0466. The molecule has 2 aliphatic heterocycles. The van der Waals surface area contributed by atoms with E-state index < -0.39 is 5.67 Å². The van der Waals surface area contributed by atoms with Crippen molar-refractivity contribution in [1.82, 2.24) is 10.2 Å². The Balaban J connectivity index is 1.63. The van der Waals surface area contributed by atoms with Gasteiger partial charge >= 0.3 is 0 Å². The Hall–Kier alpha value is -1.33. The quantitative estimate of drug-likeness (QED) is 0.896. The van der Waals surface area contributed by atoms with Crippen LogP contribution in [-0.4, -0.2) is 51.8 Å². The lowest BCUT2D eigenvalue weighted by Gasteiger charge is -2.39. The summed E-state index contributed by atoms with van der Waals surface area (Å²) >= 11 is 0. The average Bonchev–Trinajstić information content (AvgIpc) is 2.64. The van der Waals surface area contributed by atoms with Crippen molar-refractivity contribution in [2.45, 2.75) is 31.4 Å². The highest BCUT2D eigenvalue weighted by atomic mass is 19.1. The van der Waals surface area contributed by atoms with Gasteiger partial charge in [-0.3, -0.25) is 0 Å². The van der Waals surface area contributed by atoms with E-state index in [0.717, 1.165) is 32.7 Å². The van der Waals surface area contributed by atoms with E-state index in [1.165, 1.54) is 12.8 Å². The van der Waals surface area contributed by atoms with Gasteiger partial charge in [0.05, 0.1) is 14.2 Å². The molecule has 2 fully saturated rings. The first kappa shape index (κ1) is 17.5. The normalized spacial score (nSPS) is 24.5. The SMILES string of the molecule is COc1cc(OC)cc(C2(F)CCN(CC3CCCNC3)CC2)c1. The molecule has 0 aliphatic carbocycles. The third-order valence-electron chi connectivity index (χ3n) is 5.43. The fourth-order valence-electron chi connectivity index (χ4n) is 3.89. The summed E-state index contributed by atoms with van der Waals surface area (Å²) in [6.45, 7) is 4.95. The Labute approximate surface area is 144 Å². The van der Waals surface area contributed by atoms with Crippen molar-refractivity contribution in [3.63, 3.8) is 0 Å². The number of hydrogen-bond acceptors (Lipinski definition) is 4. The molecule has 1 aromatic carbocycles. The Bertz CT molecular complexity index is 516. The summed E-state index contributed by atoms with van der Waals surface area (Å²) in [6, 6.07) is 5.41. The molecule has 2 saturated heterocycles. The van der Waals surface area contributed by atoms with Crippen molar-refractivity contribution in [2.24, 2.45) is 5.92 Å². The van der Waals surface area contributed by atoms with Gasteiger partial charge in [-0.25, -0.2) is 4.39 Å². The van der Waals surface area contributed by atoms with Crippen molar-refractivity contribution >= 4 is 0 Å². The van der Waals surface area contributed by atoms with Gasteiger partial charge in [0.2, 0.25) is 0 Å². The van der Waals surface area contributed by atoms with Crippen molar-refractivity contribution in [2.75, 3.05) is 46.9 Å². The molecule has 0 amide bonds. The molecule has 3 rings (SSSR count). The minimum Gasteiger partial charge on any atom is -0.497 e. The molecular weight excluding hydrogens is 307 g/mol. The molecule has 0 aromatic heterocycles. The third-order valence-corrected chi connectivity index (χ3v) is 5.43. The van der Waals surface area contributed by atoms with Crippen molar-refractivity contribution < 1.29 is 13.9 Å². The maximum atomic E-state index is 15.5. The molecule has 1 atom stereocenters. The topological polar surface area (TPSA) is 33.7 Å². The van der Waals surface area contributed by atoms with Crippen LogP contribution in [0.2, 0.25) is 0 Å². The summed E-state index contributed by atoms with van der Waals surface area (Å²) in [7, 11) is 3.20. The van der Waals surface area contributed by atoms with Gasteiger partial charge in [0, 0.05) is 25.7 Å². The fraction of sp³-hybridized carbons (Fsp3) is 0.684. The molecule has 2 aliphatic rings. The largest absolute Gasteiger partial charge is 0.497 e. The number of likely N-dealkylation sites (tertiary alicyclic amines) is 1. The van der Waals surface area contributed by atoms with Crippen LogP contribution < -0.4 is 14.8 Å². The summed E-state index contributed by atoms with van der Waals surface area (Å²) in [4.78, 5) is 2.42. The molecule has 1 aromatic rings. The van der Waals surface area contributed by atoms with Gasteiger partial charge in [-0.15, -0.1) is 0 Å². The van der Waals surface area contributed by atoms with Crippen LogP contribution in [0.1, 0.15) is 31.2 Å². The van der Waals surface area contributed by atoms with Gasteiger partial charge in [0.1, 0.15) is 17.2 Å². The Kier molecular flexibility index (Phi) is 5.61. The monoisotopic (exact) mass is 336 g/mol. The molecule has 4 nitrogen and oxygen atoms in total. The first-order valence-electron chi connectivity index (χ1n) is 8.98. The van der Waals surface area contributed by atoms with Crippen LogP contribution in [0.15, 0.2) is 18.2 Å². The number of methoxy groups -OCH3 is 2. The van der Waals surface area contributed by atoms with E-state index in [9.17, 15) is 0 Å². The number of benzene rings is 1. The third kappa shape index (κ3) is 4.01. The number of rotatable bonds is 5. The maximum absolute atomic E-state index is 15.5. The highest BCUT2D eigenvalue weighted by Crippen LogP contribution is 2.40. The van der Waals surface area contributed by atoms with Crippen LogP contribution in [0.4, 0.5) is 4.39 Å². The molecule has 0 saturated carbocycles. The van der Waals surface area contributed by atoms with Crippen molar-refractivity contribution in [1.29, 1.82) is 0 Å². The van der Waals surface area contributed by atoms with Crippen molar-refractivity contribution in [3.8, 4) is 11.5 Å². The summed E-state index contributed by atoms with van der Waals surface area (Å²) < 4.78 is 26.1. The molecule has 134 valence electrons. The number of nitrogens with one attached hydrogen (secondary N) is 1. The predicted molar refractivity (Wildman–Crippen MR) is 93.6 cm³/mol. The number of piperidine rings is 2. The standard InChI is InChI=1S/C19H29FN2O2/c1-23-17-10-16(11-18(12-17)24-2)19(20)5-8-22(9-6-19)14-15-4-3-7-21-13-15/h10-12,15,21H,3-9,13-14H2,1-2H3. The highest BCUT2D eigenvalue weighted by Gasteiger charge is 2.37.